The average Bonchev–Trinajstić information content (AvgIpc) is 2.90. The van der Waals surface area contributed by atoms with Crippen LogP contribution in [0.3, 0.4) is 0 Å². The SMILES string of the molecule is CCOC(=O)c1cc([N+](=O)[O-])cnc1C=Cc1cc(Br)cs1. The van der Waals surface area contributed by atoms with Crippen LogP contribution in [-0.4, -0.2) is 22.5 Å². The highest BCUT2D eigenvalue weighted by atomic mass is 79.9. The molecular weight excluding hydrogens is 372 g/mol. The Labute approximate surface area is 138 Å². The van der Waals surface area contributed by atoms with Crippen LogP contribution in [0.5, 0.6) is 0 Å². The largest absolute Gasteiger partial charge is 0.462 e. The van der Waals surface area contributed by atoms with Crippen molar-refractivity contribution in [3.63, 3.8) is 0 Å². The van der Waals surface area contributed by atoms with Crippen LogP contribution in [0.1, 0.15) is 27.9 Å². The summed E-state index contributed by atoms with van der Waals surface area (Å²) in [6.07, 6.45) is 4.54. The molecule has 2 aromatic rings. The number of carbonyl (C=O) groups is 1. The normalized spacial score (nSPS) is 10.8. The van der Waals surface area contributed by atoms with Crippen LogP contribution in [-0.2, 0) is 4.74 Å². The van der Waals surface area contributed by atoms with E-state index in [1.807, 2.05) is 11.4 Å². The zero-order valence-corrected chi connectivity index (χ0v) is 13.9. The lowest BCUT2D eigenvalue weighted by Gasteiger charge is -2.04. The third-order valence-electron chi connectivity index (χ3n) is 2.60. The Kier molecular flexibility index (Phi) is 5.40. The number of nitrogens with zero attached hydrogens (tertiary/aromatic N) is 2. The molecule has 8 heteroatoms. The number of rotatable bonds is 5. The van der Waals surface area contributed by atoms with Gasteiger partial charge in [-0.1, -0.05) is 0 Å². The molecule has 0 aliphatic heterocycles. The van der Waals surface area contributed by atoms with Gasteiger partial charge < -0.3 is 4.74 Å². The zero-order chi connectivity index (χ0) is 16.1. The van der Waals surface area contributed by atoms with Gasteiger partial charge in [0.2, 0.25) is 0 Å². The number of aromatic nitrogens is 1. The summed E-state index contributed by atoms with van der Waals surface area (Å²) >= 11 is 4.87. The van der Waals surface area contributed by atoms with E-state index in [1.54, 1.807) is 19.1 Å². The summed E-state index contributed by atoms with van der Waals surface area (Å²) < 4.78 is 5.88. The van der Waals surface area contributed by atoms with Crippen molar-refractivity contribution in [3.8, 4) is 0 Å². The molecule has 0 atom stereocenters. The Bertz CT molecular complexity index is 742. The van der Waals surface area contributed by atoms with Crippen LogP contribution in [0.2, 0.25) is 0 Å². The van der Waals surface area contributed by atoms with E-state index in [1.165, 1.54) is 17.4 Å². The van der Waals surface area contributed by atoms with Gasteiger partial charge in [-0.25, -0.2) is 9.78 Å². The quantitative estimate of drug-likeness (QED) is 0.440. The molecule has 0 spiro atoms. The van der Waals surface area contributed by atoms with Crippen LogP contribution in [0.25, 0.3) is 12.2 Å². The maximum Gasteiger partial charge on any atom is 0.340 e. The summed E-state index contributed by atoms with van der Waals surface area (Å²) in [5.74, 6) is -0.634. The third kappa shape index (κ3) is 3.99. The predicted octanol–water partition coefficient (Wildman–Crippen LogP) is 4.16. The van der Waals surface area contributed by atoms with E-state index >= 15 is 0 Å². The minimum atomic E-state index is -0.634. The van der Waals surface area contributed by atoms with Gasteiger partial charge in [0.1, 0.15) is 6.20 Å². The molecular formula is C14H11BrN2O4S. The van der Waals surface area contributed by atoms with Crippen molar-refractivity contribution >= 4 is 51.1 Å². The first-order valence-electron chi connectivity index (χ1n) is 6.25. The molecule has 0 aromatic carbocycles. The number of esters is 1. The second kappa shape index (κ2) is 7.28. The average molecular weight is 383 g/mol. The second-order valence-electron chi connectivity index (χ2n) is 4.10. The molecule has 22 heavy (non-hydrogen) atoms. The van der Waals surface area contributed by atoms with Crippen LogP contribution in [0, 0.1) is 10.1 Å². The minimum absolute atomic E-state index is 0.0721. The van der Waals surface area contributed by atoms with Crippen molar-refractivity contribution in [3.05, 3.63) is 54.4 Å². The Morgan fingerprint density at radius 2 is 2.27 bits per heavy atom. The lowest BCUT2D eigenvalue weighted by Crippen LogP contribution is -2.08. The lowest BCUT2D eigenvalue weighted by atomic mass is 10.1. The van der Waals surface area contributed by atoms with Crippen molar-refractivity contribution in [2.24, 2.45) is 0 Å². The fourth-order valence-electron chi connectivity index (χ4n) is 1.65. The van der Waals surface area contributed by atoms with E-state index in [0.29, 0.717) is 5.69 Å². The Morgan fingerprint density at radius 3 is 2.86 bits per heavy atom. The molecule has 0 saturated carbocycles. The molecule has 2 aromatic heterocycles. The maximum absolute atomic E-state index is 11.9. The van der Waals surface area contributed by atoms with Gasteiger partial charge in [-0.15, -0.1) is 11.3 Å². The van der Waals surface area contributed by atoms with E-state index in [0.717, 1.165) is 15.5 Å². The molecule has 0 bridgehead atoms. The van der Waals surface area contributed by atoms with Gasteiger partial charge >= 0.3 is 5.97 Å². The summed E-state index contributed by atoms with van der Waals surface area (Å²) in [6, 6.07) is 3.09. The topological polar surface area (TPSA) is 82.3 Å². The molecule has 0 unspecified atom stereocenters. The van der Waals surface area contributed by atoms with Gasteiger partial charge in [0.25, 0.3) is 5.69 Å². The smallest absolute Gasteiger partial charge is 0.340 e. The first-order chi connectivity index (χ1) is 10.5. The van der Waals surface area contributed by atoms with Gasteiger partial charge in [-0.05, 0) is 41.1 Å². The molecule has 2 heterocycles. The number of ether oxygens (including phenoxy) is 1. The molecule has 0 amide bonds. The lowest BCUT2D eigenvalue weighted by molar-refractivity contribution is -0.385. The zero-order valence-electron chi connectivity index (χ0n) is 11.5. The fraction of sp³-hybridized carbons (Fsp3) is 0.143. The highest BCUT2D eigenvalue weighted by Gasteiger charge is 2.17. The van der Waals surface area contributed by atoms with Crippen LogP contribution in [0.15, 0.2) is 28.2 Å². The van der Waals surface area contributed by atoms with Gasteiger partial charge in [-0.3, -0.25) is 10.1 Å². The van der Waals surface area contributed by atoms with Crippen molar-refractivity contribution in [1.29, 1.82) is 0 Å². The fourth-order valence-corrected chi connectivity index (χ4v) is 2.98. The van der Waals surface area contributed by atoms with Crippen molar-refractivity contribution in [2.75, 3.05) is 6.61 Å². The maximum atomic E-state index is 11.9. The molecule has 0 N–H and O–H groups in total. The van der Waals surface area contributed by atoms with Gasteiger partial charge in [0, 0.05) is 20.8 Å². The number of pyridine rings is 1. The van der Waals surface area contributed by atoms with E-state index in [9.17, 15) is 14.9 Å². The van der Waals surface area contributed by atoms with E-state index < -0.39 is 10.9 Å². The summed E-state index contributed by atoms with van der Waals surface area (Å²) in [7, 11) is 0. The monoisotopic (exact) mass is 382 g/mol. The van der Waals surface area contributed by atoms with E-state index in [4.69, 9.17) is 4.74 Å². The molecule has 2 rings (SSSR count). The predicted molar refractivity (Wildman–Crippen MR) is 87.8 cm³/mol. The Morgan fingerprint density at radius 1 is 1.50 bits per heavy atom. The number of carbonyl (C=O) groups excluding carboxylic acids is 1. The first-order valence-corrected chi connectivity index (χ1v) is 7.92. The van der Waals surface area contributed by atoms with Crippen molar-refractivity contribution in [2.45, 2.75) is 6.92 Å². The van der Waals surface area contributed by atoms with Crippen molar-refractivity contribution < 1.29 is 14.5 Å². The summed E-state index contributed by atoms with van der Waals surface area (Å²) in [4.78, 5) is 27.1. The highest BCUT2D eigenvalue weighted by Crippen LogP contribution is 2.23. The van der Waals surface area contributed by atoms with Crippen LogP contribution in [0.4, 0.5) is 5.69 Å². The second-order valence-corrected chi connectivity index (χ2v) is 5.96. The number of hydrogen-bond donors (Lipinski definition) is 0. The molecule has 6 nitrogen and oxygen atoms in total. The third-order valence-corrected chi connectivity index (χ3v) is 4.26. The molecule has 0 saturated heterocycles. The van der Waals surface area contributed by atoms with Gasteiger partial charge in [0.05, 0.1) is 22.8 Å². The Hall–Kier alpha value is -2.06. The van der Waals surface area contributed by atoms with E-state index in [2.05, 4.69) is 20.9 Å². The summed E-state index contributed by atoms with van der Waals surface area (Å²) in [5, 5.41) is 12.7. The van der Waals surface area contributed by atoms with E-state index in [-0.39, 0.29) is 17.9 Å². The highest BCUT2D eigenvalue weighted by molar-refractivity contribution is 9.10. The molecule has 0 radical (unpaired) electrons. The van der Waals surface area contributed by atoms with Crippen molar-refractivity contribution in [1.82, 2.24) is 4.98 Å². The minimum Gasteiger partial charge on any atom is -0.462 e. The molecule has 0 aliphatic carbocycles. The molecule has 0 fully saturated rings. The number of nitro groups is 1. The van der Waals surface area contributed by atoms with Crippen LogP contribution >= 0.6 is 27.3 Å². The Balaban J connectivity index is 2.38. The summed E-state index contributed by atoms with van der Waals surface area (Å²) in [6.45, 7) is 1.85. The first kappa shape index (κ1) is 16.3. The standard InChI is InChI=1S/C14H11BrN2O4S/c1-2-21-14(18)12-6-10(17(19)20)7-16-13(12)4-3-11-5-9(15)8-22-11/h3-8H,2H2,1H3. The number of thiophene rings is 1. The van der Waals surface area contributed by atoms with Crippen LogP contribution < -0.4 is 0 Å². The summed E-state index contributed by atoms with van der Waals surface area (Å²) in [5.41, 5.74) is 0.149. The number of halogens is 1. The molecule has 114 valence electrons. The number of hydrogen-bond acceptors (Lipinski definition) is 6. The van der Waals surface area contributed by atoms with Gasteiger partial charge in [-0.2, -0.15) is 0 Å². The molecule has 0 aliphatic rings. The van der Waals surface area contributed by atoms with Gasteiger partial charge in [0.15, 0.2) is 0 Å².